The Labute approximate surface area is 174 Å². The molecule has 14 heteroatoms. The minimum atomic E-state index is -3.91. The first-order valence-corrected chi connectivity index (χ1v) is 10.8. The molecule has 0 aliphatic carbocycles. The highest BCUT2D eigenvalue weighted by Gasteiger charge is 2.59. The highest BCUT2D eigenvalue weighted by molar-refractivity contribution is 7.55. The molecule has 2 unspecified atom stereocenters. The van der Waals surface area contributed by atoms with Crippen molar-refractivity contribution in [2.45, 2.75) is 36.9 Å². The van der Waals surface area contributed by atoms with Crippen molar-refractivity contribution in [2.24, 2.45) is 0 Å². The SMILES string of the molecule is O=c1nc(NP2(=O)OCCC(c3cccnc3)O2)ccn1[C@@H]1O[C@@H](CO)[C@@H](O)C1(F)F. The summed E-state index contributed by atoms with van der Waals surface area (Å²) in [6, 6.07) is 4.56. The van der Waals surface area contributed by atoms with E-state index in [0.29, 0.717) is 16.6 Å². The molecule has 4 heterocycles. The Morgan fingerprint density at radius 1 is 1.39 bits per heavy atom. The Morgan fingerprint density at radius 3 is 2.84 bits per heavy atom. The molecule has 31 heavy (non-hydrogen) atoms. The van der Waals surface area contributed by atoms with Crippen LogP contribution in [-0.4, -0.2) is 56.1 Å². The lowest BCUT2D eigenvalue weighted by Crippen LogP contribution is -2.41. The summed E-state index contributed by atoms with van der Waals surface area (Å²) in [5, 5.41) is 21.1. The number of nitrogens with one attached hydrogen (secondary N) is 1. The molecular weight excluding hydrogens is 441 g/mol. The average Bonchev–Trinajstić information content (AvgIpc) is 2.97. The highest BCUT2D eigenvalue weighted by Crippen LogP contribution is 2.55. The van der Waals surface area contributed by atoms with Crippen molar-refractivity contribution in [1.82, 2.24) is 14.5 Å². The Bertz CT molecular complexity index is 1040. The molecule has 168 valence electrons. The van der Waals surface area contributed by atoms with Gasteiger partial charge in [-0.2, -0.15) is 13.8 Å². The summed E-state index contributed by atoms with van der Waals surface area (Å²) in [4.78, 5) is 19.9. The van der Waals surface area contributed by atoms with Crippen molar-refractivity contribution in [3.63, 3.8) is 0 Å². The Hall–Kier alpha value is -2.28. The van der Waals surface area contributed by atoms with Crippen LogP contribution in [0.25, 0.3) is 0 Å². The Morgan fingerprint density at radius 2 is 2.19 bits per heavy atom. The number of hydrogen-bond donors (Lipinski definition) is 3. The summed E-state index contributed by atoms with van der Waals surface area (Å²) in [7, 11) is -3.91. The van der Waals surface area contributed by atoms with Crippen LogP contribution in [0.3, 0.4) is 0 Å². The second kappa shape index (κ2) is 8.34. The van der Waals surface area contributed by atoms with Gasteiger partial charge in [-0.3, -0.25) is 23.7 Å². The van der Waals surface area contributed by atoms with E-state index in [1.54, 1.807) is 24.5 Å². The number of hydrogen-bond acceptors (Lipinski definition) is 9. The lowest BCUT2D eigenvalue weighted by Gasteiger charge is -2.30. The number of ether oxygens (including phenoxy) is 1. The van der Waals surface area contributed by atoms with Gasteiger partial charge in [0.25, 0.3) is 0 Å². The van der Waals surface area contributed by atoms with Crippen molar-refractivity contribution in [3.05, 3.63) is 52.8 Å². The number of rotatable bonds is 5. The first kappa shape index (κ1) is 21.9. The molecule has 2 saturated heterocycles. The third kappa shape index (κ3) is 4.25. The molecule has 0 radical (unpaired) electrons. The molecule has 0 bridgehead atoms. The van der Waals surface area contributed by atoms with Gasteiger partial charge in [-0.15, -0.1) is 0 Å². The number of halogens is 2. The fourth-order valence-electron chi connectivity index (χ4n) is 3.30. The maximum absolute atomic E-state index is 14.3. The highest BCUT2D eigenvalue weighted by atomic mass is 31.2. The van der Waals surface area contributed by atoms with Crippen LogP contribution >= 0.6 is 7.75 Å². The second-order valence-corrected chi connectivity index (χ2v) is 8.63. The van der Waals surface area contributed by atoms with E-state index in [9.17, 15) is 23.2 Å². The molecule has 2 aromatic heterocycles. The van der Waals surface area contributed by atoms with Gasteiger partial charge in [0, 0.05) is 25.0 Å². The second-order valence-electron chi connectivity index (χ2n) is 6.94. The normalized spacial score (nSPS) is 32.6. The van der Waals surface area contributed by atoms with Crippen LogP contribution in [0.1, 0.15) is 24.3 Å². The van der Waals surface area contributed by atoms with E-state index < -0.39 is 50.5 Å². The Kier molecular flexibility index (Phi) is 5.90. The third-order valence-electron chi connectivity index (χ3n) is 4.86. The maximum atomic E-state index is 14.3. The smallest absolute Gasteiger partial charge is 0.394 e. The van der Waals surface area contributed by atoms with Crippen molar-refractivity contribution < 1.29 is 37.3 Å². The van der Waals surface area contributed by atoms with Gasteiger partial charge >= 0.3 is 19.4 Å². The van der Waals surface area contributed by atoms with Crippen molar-refractivity contribution in [3.8, 4) is 0 Å². The molecule has 2 aromatic rings. The van der Waals surface area contributed by atoms with Crippen LogP contribution in [-0.2, 0) is 18.3 Å². The van der Waals surface area contributed by atoms with E-state index in [1.165, 1.54) is 0 Å². The Balaban J connectivity index is 1.52. The number of alkyl halides is 2. The van der Waals surface area contributed by atoms with Crippen LogP contribution in [0.4, 0.5) is 14.6 Å². The van der Waals surface area contributed by atoms with Crippen molar-refractivity contribution >= 4 is 13.6 Å². The molecule has 11 nitrogen and oxygen atoms in total. The molecule has 2 aliphatic rings. The predicted octanol–water partition coefficient (Wildman–Crippen LogP) is 1.22. The van der Waals surface area contributed by atoms with E-state index in [1.807, 2.05) is 0 Å². The molecular formula is C17H19F2N4O7P. The monoisotopic (exact) mass is 460 g/mol. The predicted molar refractivity (Wildman–Crippen MR) is 100 cm³/mol. The fourth-order valence-corrected chi connectivity index (χ4v) is 4.79. The molecule has 0 aromatic carbocycles. The number of aliphatic hydroxyl groups excluding tert-OH is 2. The van der Waals surface area contributed by atoms with Gasteiger partial charge in [0.05, 0.1) is 19.3 Å². The van der Waals surface area contributed by atoms with Crippen LogP contribution in [0, 0.1) is 0 Å². The maximum Gasteiger partial charge on any atom is 0.434 e. The number of pyridine rings is 1. The summed E-state index contributed by atoms with van der Waals surface area (Å²) in [5.41, 5.74) is -0.471. The third-order valence-corrected chi connectivity index (χ3v) is 6.41. The van der Waals surface area contributed by atoms with E-state index in [2.05, 4.69) is 15.1 Å². The summed E-state index contributed by atoms with van der Waals surface area (Å²) in [5.74, 6) is -4.07. The summed E-state index contributed by atoms with van der Waals surface area (Å²) < 4.78 is 57.6. The molecule has 5 atom stereocenters. The van der Waals surface area contributed by atoms with Crippen molar-refractivity contribution in [1.29, 1.82) is 0 Å². The lowest BCUT2D eigenvalue weighted by atomic mass is 10.1. The van der Waals surface area contributed by atoms with Gasteiger partial charge in [-0.1, -0.05) is 6.07 Å². The fraction of sp³-hybridized carbons (Fsp3) is 0.471. The standard InChI is InChI=1S/C17H19F2N4O7P/c18-17(19)14(25)12(9-24)29-15(17)23-6-3-13(21-16(23)26)22-31(27)28-7-4-11(30-31)10-2-1-5-20-8-10/h1-3,5-6,8,11-12,14-15,24-25H,4,7,9H2,(H,21,22,26,27)/t11?,12-,14+,15+,31?/m0/s1. The molecule has 0 saturated carbocycles. The number of aliphatic hydroxyl groups is 2. The minimum absolute atomic E-state index is 0.101. The molecule has 0 spiro atoms. The van der Waals surface area contributed by atoms with E-state index in [0.717, 1.165) is 12.3 Å². The largest absolute Gasteiger partial charge is 0.434 e. The number of anilines is 1. The van der Waals surface area contributed by atoms with Crippen molar-refractivity contribution in [2.75, 3.05) is 18.3 Å². The first-order valence-electron chi connectivity index (χ1n) is 9.26. The van der Waals surface area contributed by atoms with E-state index in [-0.39, 0.29) is 12.4 Å². The van der Waals surface area contributed by atoms with Crippen LogP contribution in [0.2, 0.25) is 0 Å². The van der Waals surface area contributed by atoms with Gasteiger partial charge in [-0.05, 0) is 17.7 Å². The molecule has 4 rings (SSSR count). The van der Waals surface area contributed by atoms with Gasteiger partial charge in [0.1, 0.15) is 11.9 Å². The van der Waals surface area contributed by atoms with Gasteiger partial charge < -0.3 is 14.9 Å². The quantitative estimate of drug-likeness (QED) is 0.557. The van der Waals surface area contributed by atoms with E-state index >= 15 is 0 Å². The molecule has 2 aliphatic heterocycles. The van der Waals surface area contributed by atoms with E-state index in [4.69, 9.17) is 18.9 Å². The number of aromatic nitrogens is 3. The van der Waals surface area contributed by atoms with Gasteiger partial charge in [0.2, 0.25) is 6.23 Å². The molecule has 2 fully saturated rings. The minimum Gasteiger partial charge on any atom is -0.394 e. The van der Waals surface area contributed by atoms with Crippen LogP contribution in [0.15, 0.2) is 41.6 Å². The zero-order valence-corrected chi connectivity index (χ0v) is 16.8. The van der Waals surface area contributed by atoms with Gasteiger partial charge in [-0.25, -0.2) is 9.36 Å². The number of nitrogens with zero attached hydrogens (tertiary/aromatic N) is 3. The average molecular weight is 460 g/mol. The summed E-state index contributed by atoms with van der Waals surface area (Å²) in [6.07, 6.45) is -2.07. The molecule has 3 N–H and O–H groups in total. The van der Waals surface area contributed by atoms with Crippen LogP contribution < -0.4 is 10.8 Å². The topological polar surface area (TPSA) is 145 Å². The first-order chi connectivity index (χ1) is 14.7. The lowest BCUT2D eigenvalue weighted by molar-refractivity contribution is -0.140. The van der Waals surface area contributed by atoms with Gasteiger partial charge in [0.15, 0.2) is 6.10 Å². The zero-order valence-electron chi connectivity index (χ0n) is 15.9. The zero-order chi connectivity index (χ0) is 22.2. The summed E-state index contributed by atoms with van der Waals surface area (Å²) in [6.45, 7) is -0.755. The molecule has 0 amide bonds. The van der Waals surface area contributed by atoms with Crippen LogP contribution in [0.5, 0.6) is 0 Å². The summed E-state index contributed by atoms with van der Waals surface area (Å²) >= 11 is 0.